The van der Waals surface area contributed by atoms with Gasteiger partial charge in [-0.2, -0.15) is 0 Å². The highest BCUT2D eigenvalue weighted by Gasteiger charge is 1.84. The van der Waals surface area contributed by atoms with E-state index in [1.165, 1.54) is 25.7 Å². The molecule has 0 unspecified atom stereocenters. The lowest BCUT2D eigenvalue weighted by Gasteiger charge is -1.99. The summed E-state index contributed by atoms with van der Waals surface area (Å²) in [6.07, 6.45) is 4.91. The first kappa shape index (κ1) is 30.8. The molecule has 0 fully saturated rings. The maximum absolute atomic E-state index is 7.62. The summed E-state index contributed by atoms with van der Waals surface area (Å²) in [4.78, 5) is 0. The van der Waals surface area contributed by atoms with Gasteiger partial charge in [-0.15, -0.1) is 39.5 Å². The van der Waals surface area contributed by atoms with Crippen LogP contribution in [0.3, 0.4) is 0 Å². The molecule has 3 nitrogen and oxygen atoms in total. The normalized spacial score (nSPS) is 6.95. The molecule has 0 aromatic rings. The first-order chi connectivity index (χ1) is 9.33. The lowest BCUT2D eigenvalue weighted by molar-refractivity contribution is 0.128. The Kier molecular flexibility index (Phi) is 110. The molecule has 0 saturated carbocycles. The number of aliphatic hydroxyl groups is 2. The molecule has 0 radical (unpaired) electrons. The van der Waals surface area contributed by atoms with Gasteiger partial charge in [0.25, 0.3) is 0 Å². The summed E-state index contributed by atoms with van der Waals surface area (Å²) in [5.74, 6) is 0. The zero-order valence-electron chi connectivity index (χ0n) is 13.2. The lowest BCUT2D eigenvalue weighted by Crippen LogP contribution is -1.95. The van der Waals surface area contributed by atoms with Crippen LogP contribution in [0.25, 0.3) is 0 Å². The maximum atomic E-state index is 7.62. The molecule has 0 bridgehead atoms. The summed E-state index contributed by atoms with van der Waals surface area (Å²) in [7, 11) is 0. The van der Waals surface area contributed by atoms with Crippen molar-refractivity contribution in [2.45, 2.75) is 39.5 Å². The number of rotatable bonds is 7. The van der Waals surface area contributed by atoms with Gasteiger partial charge in [-0.25, -0.2) is 0 Å². The van der Waals surface area contributed by atoms with Crippen LogP contribution in [0.1, 0.15) is 39.5 Å². The molecular formula is C16H36O3. The van der Waals surface area contributed by atoms with Gasteiger partial charge in [0.15, 0.2) is 0 Å². The second-order valence-corrected chi connectivity index (χ2v) is 2.77. The third-order valence-electron chi connectivity index (χ3n) is 1.38. The molecule has 118 valence electrons. The molecule has 3 heteroatoms. The van der Waals surface area contributed by atoms with Gasteiger partial charge in [-0.3, -0.25) is 0 Å². The Hall–Kier alpha value is -0.900. The SMILES string of the molecule is C=C.C=C.C=C.CCCCOCCCC.OCCO. The second-order valence-electron chi connectivity index (χ2n) is 2.77. The van der Waals surface area contributed by atoms with Crippen molar-refractivity contribution in [3.8, 4) is 0 Å². The zero-order valence-corrected chi connectivity index (χ0v) is 13.2. The first-order valence-electron chi connectivity index (χ1n) is 6.62. The average molecular weight is 276 g/mol. The van der Waals surface area contributed by atoms with E-state index in [0.29, 0.717) is 0 Å². The predicted octanol–water partition coefficient (Wildman–Crippen LogP) is 3.98. The number of ether oxygens (including phenoxy) is 1. The van der Waals surface area contributed by atoms with Crippen LogP contribution < -0.4 is 0 Å². The van der Waals surface area contributed by atoms with E-state index in [0.717, 1.165) is 13.2 Å². The van der Waals surface area contributed by atoms with E-state index in [9.17, 15) is 0 Å². The van der Waals surface area contributed by atoms with Crippen LogP contribution in [0, 0.1) is 0 Å². The highest BCUT2D eigenvalue weighted by molar-refractivity contribution is 4.33. The minimum absolute atomic E-state index is 0.125. The van der Waals surface area contributed by atoms with Crippen molar-refractivity contribution in [1.82, 2.24) is 0 Å². The average Bonchev–Trinajstić information content (AvgIpc) is 2.53. The summed E-state index contributed by atoms with van der Waals surface area (Å²) >= 11 is 0. The van der Waals surface area contributed by atoms with E-state index in [-0.39, 0.29) is 13.2 Å². The highest BCUT2D eigenvalue weighted by Crippen LogP contribution is 1.91. The number of hydrogen-bond acceptors (Lipinski definition) is 3. The largest absolute Gasteiger partial charge is 0.394 e. The predicted molar refractivity (Wildman–Crippen MR) is 88.6 cm³/mol. The smallest absolute Gasteiger partial charge is 0.0662 e. The molecule has 0 rings (SSSR count). The quantitative estimate of drug-likeness (QED) is 0.546. The van der Waals surface area contributed by atoms with Crippen molar-refractivity contribution >= 4 is 0 Å². The zero-order chi connectivity index (χ0) is 16.4. The standard InChI is InChI=1S/C8H18O.C2H6O2.3C2H4/c1-3-5-7-9-8-6-4-2;3-1-2-4;3*1-2/h3-8H2,1-2H3;3-4H,1-2H2;3*1-2H2. The van der Waals surface area contributed by atoms with Crippen LogP contribution in [0.4, 0.5) is 0 Å². The molecule has 0 spiro atoms. The molecule has 0 aliphatic rings. The lowest BCUT2D eigenvalue weighted by atomic mass is 10.3. The summed E-state index contributed by atoms with van der Waals surface area (Å²) < 4.78 is 5.31. The van der Waals surface area contributed by atoms with Crippen LogP contribution in [-0.4, -0.2) is 36.6 Å². The van der Waals surface area contributed by atoms with Gasteiger partial charge >= 0.3 is 0 Å². The fourth-order valence-electron chi connectivity index (χ4n) is 0.595. The highest BCUT2D eigenvalue weighted by atomic mass is 16.5. The number of hydrogen-bond donors (Lipinski definition) is 2. The van der Waals surface area contributed by atoms with E-state index < -0.39 is 0 Å². The fourth-order valence-corrected chi connectivity index (χ4v) is 0.595. The molecule has 0 aromatic heterocycles. The Labute approximate surface area is 121 Å². The summed E-state index contributed by atoms with van der Waals surface area (Å²) in [5.41, 5.74) is 0. The van der Waals surface area contributed by atoms with Crippen LogP contribution in [0.5, 0.6) is 0 Å². The van der Waals surface area contributed by atoms with Gasteiger partial charge in [0.1, 0.15) is 0 Å². The van der Waals surface area contributed by atoms with Crippen molar-refractivity contribution in [1.29, 1.82) is 0 Å². The molecule has 0 aromatic carbocycles. The van der Waals surface area contributed by atoms with Gasteiger partial charge in [0.2, 0.25) is 0 Å². The van der Waals surface area contributed by atoms with Crippen LogP contribution >= 0.6 is 0 Å². The Morgan fingerprint density at radius 2 is 0.947 bits per heavy atom. The van der Waals surface area contributed by atoms with Crippen molar-refractivity contribution in [2.24, 2.45) is 0 Å². The Morgan fingerprint density at radius 3 is 1.11 bits per heavy atom. The molecule has 0 saturated heterocycles. The molecular weight excluding hydrogens is 240 g/mol. The van der Waals surface area contributed by atoms with Crippen molar-refractivity contribution in [3.63, 3.8) is 0 Å². The van der Waals surface area contributed by atoms with E-state index >= 15 is 0 Å². The van der Waals surface area contributed by atoms with Gasteiger partial charge in [-0.1, -0.05) is 26.7 Å². The number of aliphatic hydroxyl groups excluding tert-OH is 2. The van der Waals surface area contributed by atoms with Crippen LogP contribution in [0.2, 0.25) is 0 Å². The molecule has 0 aliphatic heterocycles. The van der Waals surface area contributed by atoms with Crippen molar-refractivity contribution in [3.05, 3.63) is 39.5 Å². The third-order valence-corrected chi connectivity index (χ3v) is 1.38. The molecule has 2 N–H and O–H groups in total. The van der Waals surface area contributed by atoms with Crippen LogP contribution in [-0.2, 0) is 4.74 Å². The molecule has 0 aliphatic carbocycles. The van der Waals surface area contributed by atoms with Gasteiger partial charge < -0.3 is 14.9 Å². The summed E-state index contributed by atoms with van der Waals surface area (Å²) in [5, 5.41) is 15.2. The molecule has 0 amide bonds. The molecule has 0 atom stereocenters. The third kappa shape index (κ3) is 105. The van der Waals surface area contributed by atoms with Gasteiger partial charge in [-0.05, 0) is 12.8 Å². The second kappa shape index (κ2) is 67.6. The van der Waals surface area contributed by atoms with Gasteiger partial charge in [0, 0.05) is 13.2 Å². The monoisotopic (exact) mass is 276 g/mol. The van der Waals surface area contributed by atoms with E-state index in [1.807, 2.05) is 0 Å². The Morgan fingerprint density at radius 1 is 0.684 bits per heavy atom. The topological polar surface area (TPSA) is 49.7 Å². The fraction of sp³-hybridized carbons (Fsp3) is 0.625. The van der Waals surface area contributed by atoms with E-state index in [2.05, 4.69) is 53.3 Å². The minimum atomic E-state index is -0.125. The van der Waals surface area contributed by atoms with Crippen LogP contribution in [0.15, 0.2) is 39.5 Å². The minimum Gasteiger partial charge on any atom is -0.394 e. The van der Waals surface area contributed by atoms with E-state index in [1.54, 1.807) is 0 Å². The number of unbranched alkanes of at least 4 members (excludes halogenated alkanes) is 2. The van der Waals surface area contributed by atoms with Crippen molar-refractivity contribution < 1.29 is 14.9 Å². The van der Waals surface area contributed by atoms with E-state index in [4.69, 9.17) is 14.9 Å². The first-order valence-corrected chi connectivity index (χ1v) is 6.62. The van der Waals surface area contributed by atoms with Gasteiger partial charge in [0.05, 0.1) is 13.2 Å². The Bertz CT molecular complexity index is 85.2. The molecule has 19 heavy (non-hydrogen) atoms. The summed E-state index contributed by atoms with van der Waals surface area (Å²) in [6.45, 7) is 24.0. The summed E-state index contributed by atoms with van der Waals surface area (Å²) in [6, 6.07) is 0. The Balaban J connectivity index is -0.0000000549. The molecule has 0 heterocycles. The van der Waals surface area contributed by atoms with Crippen molar-refractivity contribution in [2.75, 3.05) is 26.4 Å². The maximum Gasteiger partial charge on any atom is 0.0662 e.